The van der Waals surface area contributed by atoms with Crippen LogP contribution in [0.1, 0.15) is 35.8 Å². The Bertz CT molecular complexity index is 779. The van der Waals surface area contributed by atoms with Crippen LogP contribution in [0.15, 0.2) is 48.8 Å². The molecule has 0 radical (unpaired) electrons. The third-order valence-corrected chi connectivity index (χ3v) is 3.76. The van der Waals surface area contributed by atoms with Crippen molar-refractivity contribution in [2.75, 3.05) is 0 Å². The van der Waals surface area contributed by atoms with Gasteiger partial charge in [-0.3, -0.25) is 9.78 Å². The molecule has 0 atom stereocenters. The highest BCUT2D eigenvalue weighted by Gasteiger charge is 2.15. The van der Waals surface area contributed by atoms with Gasteiger partial charge in [-0.2, -0.15) is 0 Å². The molecule has 0 spiro atoms. The molecule has 3 aromatic rings. The molecule has 0 fully saturated rings. The van der Waals surface area contributed by atoms with Gasteiger partial charge < -0.3 is 0 Å². The van der Waals surface area contributed by atoms with Crippen LogP contribution < -0.4 is 0 Å². The molecule has 0 saturated carbocycles. The zero-order valence-electron chi connectivity index (χ0n) is 13.0. The summed E-state index contributed by atoms with van der Waals surface area (Å²) in [6, 6.07) is 11.9. The summed E-state index contributed by atoms with van der Waals surface area (Å²) in [5.74, 6) is 0. The molecule has 0 unspecified atom stereocenters. The number of hydrogen-bond donors (Lipinski definition) is 0. The highest BCUT2D eigenvalue weighted by atomic mass is 16.1. The fraction of sp³-hybridized carbons (Fsp3) is 0.222. The Morgan fingerprint density at radius 2 is 1.83 bits per heavy atom. The monoisotopic (exact) mass is 306 g/mol. The predicted molar refractivity (Wildman–Crippen MR) is 88.6 cm³/mol. The van der Waals surface area contributed by atoms with Gasteiger partial charge in [-0.25, -0.2) is 4.68 Å². The zero-order chi connectivity index (χ0) is 16.1. The molecule has 0 amide bonds. The van der Waals surface area contributed by atoms with E-state index in [0.717, 1.165) is 24.0 Å². The summed E-state index contributed by atoms with van der Waals surface area (Å²) in [7, 11) is 0. The molecule has 5 nitrogen and oxygen atoms in total. The Balaban J connectivity index is 2.00. The van der Waals surface area contributed by atoms with Gasteiger partial charge in [-0.1, -0.05) is 30.7 Å². The standard InChI is InChI=1S/C18H18N4O/c1-2-3-4-14-5-7-16(8-6-14)22-18(17(13-23)20-21-22)15-9-11-19-12-10-15/h5-13H,2-4H2,1H3. The van der Waals surface area contributed by atoms with E-state index in [9.17, 15) is 4.79 Å². The number of benzene rings is 1. The lowest BCUT2D eigenvalue weighted by Gasteiger charge is -2.08. The van der Waals surface area contributed by atoms with E-state index in [1.54, 1.807) is 17.1 Å². The van der Waals surface area contributed by atoms with Crippen LogP contribution in [-0.4, -0.2) is 26.3 Å². The van der Waals surface area contributed by atoms with Gasteiger partial charge in [0.1, 0.15) is 5.69 Å². The van der Waals surface area contributed by atoms with Crippen LogP contribution >= 0.6 is 0 Å². The van der Waals surface area contributed by atoms with Crippen LogP contribution in [0.25, 0.3) is 16.9 Å². The highest BCUT2D eigenvalue weighted by molar-refractivity contribution is 5.83. The molecule has 5 heteroatoms. The number of aryl methyl sites for hydroxylation is 1. The van der Waals surface area contributed by atoms with Crippen molar-refractivity contribution < 1.29 is 4.79 Å². The van der Waals surface area contributed by atoms with Gasteiger partial charge >= 0.3 is 0 Å². The molecule has 1 aromatic carbocycles. The Labute approximate surface area is 135 Å². The number of aldehydes is 1. The lowest BCUT2D eigenvalue weighted by atomic mass is 10.1. The molecule has 2 aromatic heterocycles. The topological polar surface area (TPSA) is 60.7 Å². The summed E-state index contributed by atoms with van der Waals surface area (Å²) in [6.45, 7) is 2.19. The molecule has 3 rings (SSSR count). The van der Waals surface area contributed by atoms with Crippen LogP contribution in [0.3, 0.4) is 0 Å². The van der Waals surface area contributed by atoms with E-state index in [1.165, 1.54) is 18.4 Å². The second-order valence-corrected chi connectivity index (χ2v) is 5.36. The van der Waals surface area contributed by atoms with Crippen molar-refractivity contribution in [1.82, 2.24) is 20.0 Å². The van der Waals surface area contributed by atoms with E-state index < -0.39 is 0 Å². The smallest absolute Gasteiger partial charge is 0.172 e. The van der Waals surface area contributed by atoms with E-state index in [0.29, 0.717) is 11.4 Å². The van der Waals surface area contributed by atoms with Crippen molar-refractivity contribution in [3.63, 3.8) is 0 Å². The summed E-state index contributed by atoms with van der Waals surface area (Å²) in [5, 5.41) is 8.12. The first-order valence-corrected chi connectivity index (χ1v) is 7.74. The zero-order valence-corrected chi connectivity index (χ0v) is 13.0. The van der Waals surface area contributed by atoms with Crippen LogP contribution in [0, 0.1) is 0 Å². The van der Waals surface area contributed by atoms with Crippen molar-refractivity contribution in [2.45, 2.75) is 26.2 Å². The fourth-order valence-electron chi connectivity index (χ4n) is 2.52. The summed E-state index contributed by atoms with van der Waals surface area (Å²) in [6.07, 6.45) is 7.55. The molecule has 0 aliphatic heterocycles. The summed E-state index contributed by atoms with van der Waals surface area (Å²) >= 11 is 0. The van der Waals surface area contributed by atoms with Crippen molar-refractivity contribution in [2.24, 2.45) is 0 Å². The first kappa shape index (κ1) is 15.1. The summed E-state index contributed by atoms with van der Waals surface area (Å²) in [5.41, 5.74) is 4.06. The molecule has 0 aliphatic carbocycles. The predicted octanol–water partition coefficient (Wildman–Crippen LogP) is 3.48. The van der Waals surface area contributed by atoms with Gasteiger partial charge in [0.15, 0.2) is 12.0 Å². The number of pyridine rings is 1. The van der Waals surface area contributed by atoms with Crippen molar-refractivity contribution in [1.29, 1.82) is 0 Å². The quantitative estimate of drug-likeness (QED) is 0.654. The molecule has 0 saturated heterocycles. The molecule has 0 N–H and O–H groups in total. The van der Waals surface area contributed by atoms with Gasteiger partial charge in [0.2, 0.25) is 0 Å². The number of nitrogens with zero attached hydrogens (tertiary/aromatic N) is 4. The van der Waals surface area contributed by atoms with Gasteiger partial charge in [-0.15, -0.1) is 5.10 Å². The highest BCUT2D eigenvalue weighted by Crippen LogP contribution is 2.24. The maximum Gasteiger partial charge on any atom is 0.172 e. The van der Waals surface area contributed by atoms with Gasteiger partial charge in [0.25, 0.3) is 0 Å². The Hall–Kier alpha value is -2.82. The number of carbonyl (C=O) groups excluding carboxylic acids is 1. The normalized spacial score (nSPS) is 10.7. The van der Waals surface area contributed by atoms with E-state index in [-0.39, 0.29) is 0 Å². The number of aromatic nitrogens is 4. The molecule has 0 bridgehead atoms. The molecule has 0 aliphatic rings. The van der Waals surface area contributed by atoms with Crippen LogP contribution in [0.4, 0.5) is 0 Å². The minimum atomic E-state index is 0.325. The Morgan fingerprint density at radius 3 is 2.48 bits per heavy atom. The maximum absolute atomic E-state index is 11.3. The molecule has 116 valence electrons. The van der Waals surface area contributed by atoms with Crippen molar-refractivity contribution >= 4 is 6.29 Å². The largest absolute Gasteiger partial charge is 0.296 e. The fourth-order valence-corrected chi connectivity index (χ4v) is 2.52. The van der Waals surface area contributed by atoms with E-state index in [1.807, 2.05) is 24.3 Å². The number of rotatable bonds is 6. The summed E-state index contributed by atoms with van der Waals surface area (Å²) in [4.78, 5) is 15.3. The lowest BCUT2D eigenvalue weighted by molar-refractivity contribution is 0.111. The average molecular weight is 306 g/mol. The summed E-state index contributed by atoms with van der Waals surface area (Å²) < 4.78 is 1.70. The SMILES string of the molecule is CCCCc1ccc(-n2nnc(C=O)c2-c2ccncc2)cc1. The van der Waals surface area contributed by atoms with Gasteiger partial charge in [0, 0.05) is 18.0 Å². The van der Waals surface area contributed by atoms with Crippen LogP contribution in [0.2, 0.25) is 0 Å². The van der Waals surface area contributed by atoms with Crippen LogP contribution in [-0.2, 0) is 6.42 Å². The first-order valence-electron chi connectivity index (χ1n) is 7.74. The Kier molecular flexibility index (Phi) is 4.57. The minimum absolute atomic E-state index is 0.325. The number of unbranched alkanes of at least 4 members (excludes halogenated alkanes) is 1. The second-order valence-electron chi connectivity index (χ2n) is 5.36. The molecule has 23 heavy (non-hydrogen) atoms. The number of carbonyl (C=O) groups is 1. The minimum Gasteiger partial charge on any atom is -0.296 e. The Morgan fingerprint density at radius 1 is 1.09 bits per heavy atom. The van der Waals surface area contributed by atoms with Crippen molar-refractivity contribution in [3.05, 3.63) is 60.0 Å². The van der Waals surface area contributed by atoms with Crippen molar-refractivity contribution in [3.8, 4) is 16.9 Å². The number of hydrogen-bond acceptors (Lipinski definition) is 4. The van der Waals surface area contributed by atoms with E-state index in [2.05, 4.69) is 34.4 Å². The maximum atomic E-state index is 11.3. The van der Waals surface area contributed by atoms with Crippen LogP contribution in [0.5, 0.6) is 0 Å². The third-order valence-electron chi connectivity index (χ3n) is 3.76. The van der Waals surface area contributed by atoms with Gasteiger partial charge in [-0.05, 0) is 42.7 Å². The van der Waals surface area contributed by atoms with E-state index in [4.69, 9.17) is 0 Å². The van der Waals surface area contributed by atoms with E-state index >= 15 is 0 Å². The second kappa shape index (κ2) is 6.96. The third kappa shape index (κ3) is 3.18. The van der Waals surface area contributed by atoms with Gasteiger partial charge in [0.05, 0.1) is 5.69 Å². The molecule has 2 heterocycles. The lowest BCUT2D eigenvalue weighted by Crippen LogP contribution is -2.00. The first-order chi connectivity index (χ1) is 11.3. The molecular formula is C18H18N4O. The average Bonchev–Trinajstić information content (AvgIpc) is 3.05. The molecular weight excluding hydrogens is 288 g/mol.